The second kappa shape index (κ2) is 36.3. The second-order valence-corrected chi connectivity index (χ2v) is 14.3. The molecule has 2 unspecified atom stereocenters. The number of rotatable bonds is 37. The van der Waals surface area contributed by atoms with Crippen molar-refractivity contribution < 1.29 is 0 Å². The third kappa shape index (κ3) is 31.6. The summed E-state index contributed by atoms with van der Waals surface area (Å²) in [6.45, 7) is 9.90. The van der Waals surface area contributed by atoms with Gasteiger partial charge in [0.1, 0.15) is 0 Å². The van der Waals surface area contributed by atoms with Gasteiger partial charge in [0.2, 0.25) is 0 Å². The summed E-state index contributed by atoms with van der Waals surface area (Å²) in [4.78, 5) is 2.66. The van der Waals surface area contributed by atoms with Crippen molar-refractivity contribution in [2.24, 2.45) is 11.5 Å². The average molecular weight is 608 g/mol. The van der Waals surface area contributed by atoms with E-state index in [0.717, 1.165) is 0 Å². The quantitative estimate of drug-likeness (QED) is 0.0691. The van der Waals surface area contributed by atoms with Crippen LogP contribution in [0.4, 0.5) is 0 Å². The Labute approximate surface area is 273 Å². The van der Waals surface area contributed by atoms with Crippen molar-refractivity contribution in [3.05, 3.63) is 0 Å². The van der Waals surface area contributed by atoms with Crippen molar-refractivity contribution in [3.63, 3.8) is 0 Å². The third-order valence-corrected chi connectivity index (χ3v) is 10.1. The molecule has 0 saturated carbocycles. The molecule has 0 aliphatic rings. The van der Waals surface area contributed by atoms with E-state index in [1.165, 1.54) is 219 Å². The van der Waals surface area contributed by atoms with Gasteiger partial charge in [-0.2, -0.15) is 0 Å². The number of nitrogens with two attached hydrogens (primary N) is 2. The fourth-order valence-corrected chi connectivity index (χ4v) is 6.71. The Morgan fingerprint density at radius 3 is 0.791 bits per heavy atom. The van der Waals surface area contributed by atoms with Crippen molar-refractivity contribution >= 4 is 0 Å². The van der Waals surface area contributed by atoms with E-state index >= 15 is 0 Å². The van der Waals surface area contributed by atoms with Gasteiger partial charge in [-0.3, -0.25) is 4.90 Å². The zero-order valence-electron chi connectivity index (χ0n) is 30.5. The Morgan fingerprint density at radius 2 is 0.581 bits per heavy atom. The summed E-state index contributed by atoms with van der Waals surface area (Å²) in [6.07, 6.45) is 45.8. The van der Waals surface area contributed by atoms with Gasteiger partial charge in [0.05, 0.1) is 0 Å². The molecule has 0 rings (SSSR count). The third-order valence-electron chi connectivity index (χ3n) is 10.1. The summed E-state index contributed by atoms with van der Waals surface area (Å²) in [5.41, 5.74) is 12.3. The fraction of sp³-hybridized carbons (Fsp3) is 1.00. The standard InChI is InChI=1S/C40H85N3/c1-4-6-8-10-12-14-16-18-20-22-24-26-28-30-32-34-36-43(39(3)40(42)38-41)37-35-33-31-29-27-25-23-21-19-17-15-13-11-9-7-5-2/h39-40H,4-38,41-42H2,1-3H3. The molecule has 0 aromatic carbocycles. The summed E-state index contributed by atoms with van der Waals surface area (Å²) in [7, 11) is 0. The van der Waals surface area contributed by atoms with E-state index in [0.29, 0.717) is 12.6 Å². The minimum atomic E-state index is 0.0992. The van der Waals surface area contributed by atoms with Crippen molar-refractivity contribution in [2.45, 2.75) is 238 Å². The van der Waals surface area contributed by atoms with Crippen LogP contribution in [0.3, 0.4) is 0 Å². The Kier molecular flexibility index (Phi) is 36.2. The van der Waals surface area contributed by atoms with Crippen molar-refractivity contribution in [1.29, 1.82) is 0 Å². The van der Waals surface area contributed by atoms with Crippen molar-refractivity contribution in [2.75, 3.05) is 19.6 Å². The van der Waals surface area contributed by atoms with Gasteiger partial charge >= 0.3 is 0 Å². The molecular formula is C40H85N3. The van der Waals surface area contributed by atoms with Gasteiger partial charge in [0, 0.05) is 18.6 Å². The predicted octanol–water partition coefficient (Wildman–Crippen LogP) is 12.5. The zero-order chi connectivity index (χ0) is 31.5. The van der Waals surface area contributed by atoms with E-state index in [1.807, 2.05) is 0 Å². The predicted molar refractivity (Wildman–Crippen MR) is 197 cm³/mol. The van der Waals surface area contributed by atoms with E-state index in [-0.39, 0.29) is 6.04 Å². The smallest absolute Gasteiger partial charge is 0.0318 e. The molecule has 0 aliphatic carbocycles. The van der Waals surface area contributed by atoms with Gasteiger partial charge in [0.25, 0.3) is 0 Å². The van der Waals surface area contributed by atoms with E-state index < -0.39 is 0 Å². The fourth-order valence-electron chi connectivity index (χ4n) is 6.71. The highest BCUT2D eigenvalue weighted by Crippen LogP contribution is 2.16. The lowest BCUT2D eigenvalue weighted by Crippen LogP contribution is -2.50. The molecule has 0 spiro atoms. The van der Waals surface area contributed by atoms with E-state index in [1.54, 1.807) is 0 Å². The van der Waals surface area contributed by atoms with Gasteiger partial charge in [-0.05, 0) is 32.9 Å². The summed E-state index contributed by atoms with van der Waals surface area (Å²) in [6, 6.07) is 0.500. The minimum Gasteiger partial charge on any atom is -0.329 e. The molecule has 2 atom stereocenters. The molecule has 0 aliphatic heterocycles. The number of nitrogens with zero attached hydrogens (tertiary/aromatic N) is 1. The maximum absolute atomic E-state index is 6.37. The lowest BCUT2D eigenvalue weighted by molar-refractivity contribution is 0.177. The maximum atomic E-state index is 6.37. The SMILES string of the molecule is CCCCCCCCCCCCCCCCCCN(CCCCCCCCCCCCCCCCCC)C(C)C(N)CN. The monoisotopic (exact) mass is 608 g/mol. The molecule has 3 heteroatoms. The van der Waals surface area contributed by atoms with Crippen molar-refractivity contribution in [1.82, 2.24) is 4.90 Å². The molecule has 0 heterocycles. The molecule has 4 N–H and O–H groups in total. The first-order chi connectivity index (χ1) is 21.2. The van der Waals surface area contributed by atoms with Crippen LogP contribution in [0.15, 0.2) is 0 Å². The number of hydrogen-bond donors (Lipinski definition) is 2. The normalized spacial score (nSPS) is 13.3. The maximum Gasteiger partial charge on any atom is 0.0318 e. The van der Waals surface area contributed by atoms with Crippen LogP contribution < -0.4 is 11.5 Å². The Hall–Kier alpha value is -0.120. The Morgan fingerprint density at radius 1 is 0.372 bits per heavy atom. The van der Waals surface area contributed by atoms with Crippen LogP contribution in [0.1, 0.15) is 226 Å². The molecule has 0 bridgehead atoms. The molecule has 0 radical (unpaired) electrons. The summed E-state index contributed by atoms with van der Waals surface area (Å²) >= 11 is 0. The van der Waals surface area contributed by atoms with E-state index in [2.05, 4.69) is 25.7 Å². The molecule has 3 nitrogen and oxygen atoms in total. The first-order valence-electron chi connectivity index (χ1n) is 20.4. The minimum absolute atomic E-state index is 0.0992. The number of hydrogen-bond acceptors (Lipinski definition) is 3. The largest absolute Gasteiger partial charge is 0.329 e. The van der Waals surface area contributed by atoms with Gasteiger partial charge in [0.15, 0.2) is 0 Å². The topological polar surface area (TPSA) is 55.3 Å². The molecule has 43 heavy (non-hydrogen) atoms. The lowest BCUT2D eigenvalue weighted by atomic mass is 10.0. The molecule has 0 amide bonds. The highest BCUT2D eigenvalue weighted by atomic mass is 15.2. The van der Waals surface area contributed by atoms with Crippen LogP contribution in [0.5, 0.6) is 0 Å². The van der Waals surface area contributed by atoms with E-state index in [9.17, 15) is 0 Å². The first-order valence-corrected chi connectivity index (χ1v) is 20.4. The Balaban J connectivity index is 3.68. The molecular weight excluding hydrogens is 522 g/mol. The molecule has 260 valence electrons. The molecule has 0 saturated heterocycles. The van der Waals surface area contributed by atoms with Gasteiger partial charge in [-0.1, -0.05) is 206 Å². The highest BCUT2D eigenvalue weighted by Gasteiger charge is 2.18. The van der Waals surface area contributed by atoms with E-state index in [4.69, 9.17) is 11.5 Å². The molecule has 0 aromatic heterocycles. The average Bonchev–Trinajstić information content (AvgIpc) is 3.02. The van der Waals surface area contributed by atoms with Crippen LogP contribution in [0, 0.1) is 0 Å². The lowest BCUT2D eigenvalue weighted by Gasteiger charge is -2.32. The molecule has 0 aromatic rings. The first kappa shape index (κ1) is 42.9. The van der Waals surface area contributed by atoms with Crippen LogP contribution in [-0.2, 0) is 0 Å². The van der Waals surface area contributed by atoms with Crippen LogP contribution in [-0.4, -0.2) is 36.6 Å². The Bertz CT molecular complexity index is 460. The zero-order valence-corrected chi connectivity index (χ0v) is 30.5. The molecule has 0 fully saturated rings. The van der Waals surface area contributed by atoms with Crippen molar-refractivity contribution in [3.8, 4) is 0 Å². The summed E-state index contributed by atoms with van der Waals surface area (Å²) < 4.78 is 0. The van der Waals surface area contributed by atoms with Crippen LogP contribution in [0.2, 0.25) is 0 Å². The summed E-state index contributed by atoms with van der Waals surface area (Å²) in [5.74, 6) is 0. The highest BCUT2D eigenvalue weighted by molar-refractivity contribution is 4.79. The number of unbranched alkanes of at least 4 members (excludes halogenated alkanes) is 30. The van der Waals surface area contributed by atoms with Crippen LogP contribution >= 0.6 is 0 Å². The van der Waals surface area contributed by atoms with Gasteiger partial charge < -0.3 is 11.5 Å². The van der Waals surface area contributed by atoms with Crippen LogP contribution in [0.25, 0.3) is 0 Å². The van der Waals surface area contributed by atoms with Gasteiger partial charge in [-0.15, -0.1) is 0 Å². The second-order valence-electron chi connectivity index (χ2n) is 14.3. The summed E-state index contributed by atoms with van der Waals surface area (Å²) in [5, 5.41) is 0. The van der Waals surface area contributed by atoms with Gasteiger partial charge in [-0.25, -0.2) is 0 Å².